The number of hydrogen-bond acceptors (Lipinski definition) is 3. The highest BCUT2D eigenvalue weighted by Gasteiger charge is 2.48. The molecule has 1 atom stereocenters. The van der Waals surface area contributed by atoms with Crippen LogP contribution in [0.5, 0.6) is 0 Å². The SMILES string of the molecule is Cc1cnccc1CNC(=O)NC(C)(C(=O)O)C1CC1. The molecule has 1 aliphatic rings. The zero-order chi connectivity index (χ0) is 14.8. The summed E-state index contributed by atoms with van der Waals surface area (Å²) in [6, 6.07) is 1.37. The largest absolute Gasteiger partial charge is 0.480 e. The van der Waals surface area contributed by atoms with E-state index >= 15 is 0 Å². The summed E-state index contributed by atoms with van der Waals surface area (Å²) in [6.45, 7) is 3.82. The molecule has 0 aromatic carbocycles. The van der Waals surface area contributed by atoms with E-state index in [4.69, 9.17) is 0 Å². The Morgan fingerprint density at radius 2 is 2.20 bits per heavy atom. The standard InChI is InChI=1S/C14H19N3O3/c1-9-7-15-6-5-10(9)8-16-13(20)17-14(2,12(18)19)11-3-4-11/h5-7,11H,3-4,8H2,1-2H3,(H,18,19)(H2,16,17,20). The molecule has 1 aromatic rings. The van der Waals surface area contributed by atoms with Crippen LogP contribution in [0, 0.1) is 12.8 Å². The number of aromatic nitrogens is 1. The van der Waals surface area contributed by atoms with Crippen molar-refractivity contribution in [2.75, 3.05) is 0 Å². The first-order valence-electron chi connectivity index (χ1n) is 6.62. The monoisotopic (exact) mass is 277 g/mol. The maximum atomic E-state index is 11.9. The van der Waals surface area contributed by atoms with Crippen LogP contribution in [0.3, 0.4) is 0 Å². The molecule has 1 saturated carbocycles. The van der Waals surface area contributed by atoms with Gasteiger partial charge in [-0.1, -0.05) is 0 Å². The molecule has 2 rings (SSSR count). The average molecular weight is 277 g/mol. The van der Waals surface area contributed by atoms with E-state index in [-0.39, 0.29) is 5.92 Å². The molecule has 1 fully saturated rings. The molecular formula is C14H19N3O3. The molecule has 3 N–H and O–H groups in total. The smallest absolute Gasteiger partial charge is 0.329 e. The van der Waals surface area contributed by atoms with E-state index < -0.39 is 17.5 Å². The molecule has 2 amide bonds. The maximum Gasteiger partial charge on any atom is 0.329 e. The fourth-order valence-electron chi connectivity index (χ4n) is 2.15. The number of rotatable bonds is 5. The molecule has 0 bridgehead atoms. The topological polar surface area (TPSA) is 91.3 Å². The van der Waals surface area contributed by atoms with Gasteiger partial charge in [0.1, 0.15) is 5.54 Å². The van der Waals surface area contributed by atoms with Gasteiger partial charge in [0.05, 0.1) is 0 Å². The second-order valence-electron chi connectivity index (χ2n) is 5.39. The molecule has 1 aromatic heterocycles. The Bertz CT molecular complexity index is 528. The molecule has 1 unspecified atom stereocenters. The Morgan fingerprint density at radius 1 is 1.50 bits per heavy atom. The van der Waals surface area contributed by atoms with Gasteiger partial charge >= 0.3 is 12.0 Å². The van der Waals surface area contributed by atoms with Crippen LogP contribution in [0.1, 0.15) is 30.9 Å². The number of urea groups is 1. The van der Waals surface area contributed by atoms with Crippen LogP contribution < -0.4 is 10.6 Å². The third kappa shape index (κ3) is 3.07. The zero-order valence-corrected chi connectivity index (χ0v) is 11.6. The molecule has 0 spiro atoms. The van der Waals surface area contributed by atoms with Crippen molar-refractivity contribution in [3.8, 4) is 0 Å². The van der Waals surface area contributed by atoms with E-state index in [0.717, 1.165) is 24.0 Å². The summed E-state index contributed by atoms with van der Waals surface area (Å²) in [5.74, 6) is -0.969. The van der Waals surface area contributed by atoms with Crippen LogP contribution in [0.15, 0.2) is 18.5 Å². The predicted octanol–water partition coefficient (Wildman–Crippen LogP) is 1.44. The van der Waals surface area contributed by atoms with Gasteiger partial charge in [-0.2, -0.15) is 0 Å². The zero-order valence-electron chi connectivity index (χ0n) is 11.6. The quantitative estimate of drug-likeness (QED) is 0.759. The van der Waals surface area contributed by atoms with Crippen LogP contribution in [-0.2, 0) is 11.3 Å². The first kappa shape index (κ1) is 14.3. The van der Waals surface area contributed by atoms with Gasteiger partial charge in [-0.3, -0.25) is 4.98 Å². The van der Waals surface area contributed by atoms with Crippen LogP contribution >= 0.6 is 0 Å². The number of carboxylic acid groups (broad SMARTS) is 1. The molecule has 1 aliphatic carbocycles. The van der Waals surface area contributed by atoms with Crippen LogP contribution in [-0.4, -0.2) is 27.6 Å². The lowest BCUT2D eigenvalue weighted by atomic mass is 9.96. The number of amides is 2. The van der Waals surface area contributed by atoms with E-state index in [9.17, 15) is 14.7 Å². The number of aliphatic carboxylic acids is 1. The molecule has 6 heteroatoms. The number of pyridine rings is 1. The molecule has 0 aliphatic heterocycles. The van der Waals surface area contributed by atoms with Gasteiger partial charge < -0.3 is 15.7 Å². The summed E-state index contributed by atoms with van der Waals surface area (Å²) in [5.41, 5.74) is 0.756. The van der Waals surface area contributed by atoms with Crippen molar-refractivity contribution in [2.45, 2.75) is 38.8 Å². The van der Waals surface area contributed by atoms with Gasteiger partial charge in [0.15, 0.2) is 0 Å². The lowest BCUT2D eigenvalue weighted by Gasteiger charge is -2.26. The molecule has 0 saturated heterocycles. The van der Waals surface area contributed by atoms with Crippen LogP contribution in [0.4, 0.5) is 4.79 Å². The number of carboxylic acids is 1. The summed E-state index contributed by atoms with van der Waals surface area (Å²) < 4.78 is 0. The number of nitrogens with zero attached hydrogens (tertiary/aromatic N) is 1. The minimum absolute atomic E-state index is 0.0217. The summed E-state index contributed by atoms with van der Waals surface area (Å²) in [4.78, 5) is 27.2. The summed E-state index contributed by atoms with van der Waals surface area (Å²) in [5, 5.41) is 14.5. The molecule has 6 nitrogen and oxygen atoms in total. The summed E-state index contributed by atoms with van der Waals surface area (Å²) in [6.07, 6.45) is 5.06. The van der Waals surface area contributed by atoms with Crippen molar-refractivity contribution in [1.29, 1.82) is 0 Å². The Labute approximate surface area is 117 Å². The number of carbonyl (C=O) groups is 2. The van der Waals surface area contributed by atoms with Crippen molar-refractivity contribution >= 4 is 12.0 Å². The Hall–Kier alpha value is -2.11. The number of aryl methyl sites for hydroxylation is 1. The molecule has 1 heterocycles. The number of carbonyl (C=O) groups excluding carboxylic acids is 1. The minimum atomic E-state index is -1.18. The third-order valence-corrected chi connectivity index (χ3v) is 3.79. The molecule has 20 heavy (non-hydrogen) atoms. The van der Waals surface area contributed by atoms with Crippen LogP contribution in [0.25, 0.3) is 0 Å². The fourth-order valence-corrected chi connectivity index (χ4v) is 2.15. The van der Waals surface area contributed by atoms with Gasteiger partial charge in [0.25, 0.3) is 0 Å². The van der Waals surface area contributed by atoms with Crippen molar-refractivity contribution in [3.63, 3.8) is 0 Å². The van der Waals surface area contributed by atoms with Gasteiger partial charge in [-0.05, 0) is 49.8 Å². The first-order chi connectivity index (χ1) is 9.43. The Balaban J connectivity index is 1.92. The maximum absolute atomic E-state index is 11.9. The van der Waals surface area contributed by atoms with Gasteiger partial charge in [0, 0.05) is 18.9 Å². The van der Waals surface area contributed by atoms with E-state index in [0.29, 0.717) is 6.54 Å². The second-order valence-corrected chi connectivity index (χ2v) is 5.39. The van der Waals surface area contributed by atoms with Crippen molar-refractivity contribution in [2.24, 2.45) is 5.92 Å². The number of hydrogen-bond donors (Lipinski definition) is 3. The second kappa shape index (κ2) is 5.48. The van der Waals surface area contributed by atoms with E-state index in [1.165, 1.54) is 0 Å². The van der Waals surface area contributed by atoms with Gasteiger partial charge in [-0.15, -0.1) is 0 Å². The van der Waals surface area contributed by atoms with Gasteiger partial charge in [-0.25, -0.2) is 9.59 Å². The summed E-state index contributed by atoms with van der Waals surface area (Å²) in [7, 11) is 0. The highest BCUT2D eigenvalue weighted by Crippen LogP contribution is 2.39. The fraction of sp³-hybridized carbons (Fsp3) is 0.500. The number of nitrogens with one attached hydrogen (secondary N) is 2. The lowest BCUT2D eigenvalue weighted by molar-refractivity contribution is -0.144. The van der Waals surface area contributed by atoms with Crippen molar-refractivity contribution in [1.82, 2.24) is 15.6 Å². The average Bonchev–Trinajstić information content (AvgIpc) is 3.22. The van der Waals surface area contributed by atoms with E-state index in [1.807, 2.05) is 13.0 Å². The van der Waals surface area contributed by atoms with Crippen molar-refractivity contribution < 1.29 is 14.7 Å². The minimum Gasteiger partial charge on any atom is -0.480 e. The van der Waals surface area contributed by atoms with Crippen molar-refractivity contribution in [3.05, 3.63) is 29.6 Å². The van der Waals surface area contributed by atoms with E-state index in [1.54, 1.807) is 19.3 Å². The van der Waals surface area contributed by atoms with Crippen LogP contribution in [0.2, 0.25) is 0 Å². The molecular weight excluding hydrogens is 258 g/mol. The summed E-state index contributed by atoms with van der Waals surface area (Å²) >= 11 is 0. The first-order valence-corrected chi connectivity index (χ1v) is 6.62. The van der Waals surface area contributed by atoms with E-state index in [2.05, 4.69) is 15.6 Å². The Kier molecular flexibility index (Phi) is 3.92. The lowest BCUT2D eigenvalue weighted by Crippen LogP contribution is -2.56. The molecule has 108 valence electrons. The predicted molar refractivity (Wildman–Crippen MR) is 73.1 cm³/mol. The Morgan fingerprint density at radius 3 is 2.75 bits per heavy atom. The highest BCUT2D eigenvalue weighted by atomic mass is 16.4. The third-order valence-electron chi connectivity index (χ3n) is 3.79. The normalized spacial score (nSPS) is 17.1. The van der Waals surface area contributed by atoms with Gasteiger partial charge in [0.2, 0.25) is 0 Å². The molecule has 0 radical (unpaired) electrons. The highest BCUT2D eigenvalue weighted by molar-refractivity contribution is 5.86.